The molecule has 0 aliphatic carbocycles. The molecule has 1 fully saturated rings. The van der Waals surface area contributed by atoms with E-state index in [9.17, 15) is 4.79 Å². The van der Waals surface area contributed by atoms with E-state index in [4.69, 9.17) is 0 Å². The van der Waals surface area contributed by atoms with Gasteiger partial charge in [-0.2, -0.15) is 0 Å². The van der Waals surface area contributed by atoms with Crippen LogP contribution >= 0.6 is 0 Å². The van der Waals surface area contributed by atoms with Crippen LogP contribution in [0.15, 0.2) is 24.3 Å². The van der Waals surface area contributed by atoms with Crippen molar-refractivity contribution < 1.29 is 4.79 Å². The number of nitrogens with one attached hydrogen (secondary N) is 1. The molecule has 1 amide bonds. The van der Waals surface area contributed by atoms with Gasteiger partial charge in [0, 0.05) is 6.54 Å². The van der Waals surface area contributed by atoms with Crippen molar-refractivity contribution in [2.45, 2.75) is 39.0 Å². The number of carbonyl (C=O) groups excluding carboxylic acids is 1. The topological polar surface area (TPSA) is 29.1 Å². The first kappa shape index (κ1) is 12.2. The molecule has 1 unspecified atom stereocenters. The normalized spacial score (nSPS) is 20.4. The van der Waals surface area contributed by atoms with Gasteiger partial charge >= 0.3 is 0 Å². The zero-order valence-electron chi connectivity index (χ0n) is 10.7. The average molecular weight is 231 g/mol. The highest BCUT2D eigenvalue weighted by atomic mass is 16.1. The molecule has 1 saturated heterocycles. The van der Waals surface area contributed by atoms with E-state index in [1.54, 1.807) is 0 Å². The number of carbonyl (C=O) groups is 1. The number of hydrogen-bond acceptors (Lipinski definition) is 1. The Morgan fingerprint density at radius 2 is 2.00 bits per heavy atom. The van der Waals surface area contributed by atoms with Gasteiger partial charge in [0.05, 0.1) is 5.92 Å². The largest absolute Gasteiger partial charge is 0.356 e. The van der Waals surface area contributed by atoms with E-state index >= 15 is 0 Å². The molecule has 92 valence electrons. The van der Waals surface area contributed by atoms with Gasteiger partial charge < -0.3 is 5.32 Å². The lowest BCUT2D eigenvalue weighted by molar-refractivity contribution is -0.123. The summed E-state index contributed by atoms with van der Waals surface area (Å²) in [4.78, 5) is 11.7. The van der Waals surface area contributed by atoms with Gasteiger partial charge in [-0.3, -0.25) is 4.79 Å². The van der Waals surface area contributed by atoms with Crippen LogP contribution in [0.4, 0.5) is 0 Å². The maximum atomic E-state index is 11.7. The first-order valence-electron chi connectivity index (χ1n) is 6.53. The molecule has 1 N–H and O–H groups in total. The third-order valence-electron chi connectivity index (χ3n) is 3.31. The van der Waals surface area contributed by atoms with Gasteiger partial charge in [-0.25, -0.2) is 0 Å². The summed E-state index contributed by atoms with van der Waals surface area (Å²) in [5.41, 5.74) is 2.52. The van der Waals surface area contributed by atoms with E-state index in [1.165, 1.54) is 5.56 Å². The van der Waals surface area contributed by atoms with Crippen LogP contribution in [0, 0.1) is 5.92 Å². The summed E-state index contributed by atoms with van der Waals surface area (Å²) in [7, 11) is 0. The Hall–Kier alpha value is -1.31. The van der Waals surface area contributed by atoms with E-state index in [0.717, 1.165) is 31.4 Å². The first-order chi connectivity index (χ1) is 8.16. The summed E-state index contributed by atoms with van der Waals surface area (Å²) < 4.78 is 0. The molecule has 0 radical (unpaired) electrons. The standard InChI is InChI=1S/C15H21NO/c1-11(2)10-12-5-7-13(8-6-12)14-4-3-9-16-15(14)17/h5-8,11,14H,3-4,9-10H2,1-2H3,(H,16,17). The molecule has 2 rings (SSSR count). The summed E-state index contributed by atoms with van der Waals surface area (Å²) >= 11 is 0. The second kappa shape index (κ2) is 5.35. The van der Waals surface area contributed by atoms with Gasteiger partial charge in [-0.05, 0) is 36.3 Å². The van der Waals surface area contributed by atoms with Crippen LogP contribution < -0.4 is 5.32 Å². The zero-order chi connectivity index (χ0) is 12.3. The number of rotatable bonds is 3. The Labute approximate surface area is 103 Å². The van der Waals surface area contributed by atoms with Gasteiger partial charge in [0.25, 0.3) is 0 Å². The fraction of sp³-hybridized carbons (Fsp3) is 0.533. The molecular weight excluding hydrogens is 210 g/mol. The molecule has 1 aromatic rings. The molecule has 0 saturated carbocycles. The third-order valence-corrected chi connectivity index (χ3v) is 3.31. The Morgan fingerprint density at radius 3 is 2.59 bits per heavy atom. The maximum absolute atomic E-state index is 11.7. The third kappa shape index (κ3) is 3.09. The smallest absolute Gasteiger partial charge is 0.227 e. The lowest BCUT2D eigenvalue weighted by Gasteiger charge is -2.22. The molecule has 1 aliphatic heterocycles. The molecule has 0 spiro atoms. The van der Waals surface area contributed by atoms with Crippen molar-refractivity contribution in [3.05, 3.63) is 35.4 Å². The van der Waals surface area contributed by atoms with Crippen LogP contribution in [0.25, 0.3) is 0 Å². The minimum absolute atomic E-state index is 0.0665. The quantitative estimate of drug-likeness (QED) is 0.851. The minimum atomic E-state index is 0.0665. The highest BCUT2D eigenvalue weighted by molar-refractivity contribution is 5.84. The molecule has 1 atom stereocenters. The molecule has 17 heavy (non-hydrogen) atoms. The van der Waals surface area contributed by atoms with Crippen LogP contribution in [0.5, 0.6) is 0 Å². The van der Waals surface area contributed by atoms with Crippen molar-refractivity contribution in [3.63, 3.8) is 0 Å². The minimum Gasteiger partial charge on any atom is -0.356 e. The Kier molecular flexibility index (Phi) is 3.82. The number of amides is 1. The second-order valence-corrected chi connectivity index (χ2v) is 5.33. The van der Waals surface area contributed by atoms with Gasteiger partial charge in [-0.1, -0.05) is 38.1 Å². The predicted molar refractivity (Wildman–Crippen MR) is 70.0 cm³/mol. The van der Waals surface area contributed by atoms with Gasteiger partial charge in [0.15, 0.2) is 0 Å². The van der Waals surface area contributed by atoms with Crippen molar-refractivity contribution in [2.75, 3.05) is 6.54 Å². The van der Waals surface area contributed by atoms with Crippen molar-refractivity contribution in [3.8, 4) is 0 Å². The Morgan fingerprint density at radius 1 is 1.29 bits per heavy atom. The van der Waals surface area contributed by atoms with Crippen LogP contribution in [-0.2, 0) is 11.2 Å². The van der Waals surface area contributed by atoms with Crippen LogP contribution in [0.1, 0.15) is 43.7 Å². The van der Waals surface area contributed by atoms with Crippen LogP contribution in [0.3, 0.4) is 0 Å². The molecule has 1 heterocycles. The number of piperidine rings is 1. The second-order valence-electron chi connectivity index (χ2n) is 5.33. The van der Waals surface area contributed by atoms with E-state index in [1.807, 2.05) is 0 Å². The molecule has 0 aromatic heterocycles. The highest BCUT2D eigenvalue weighted by Crippen LogP contribution is 2.24. The summed E-state index contributed by atoms with van der Waals surface area (Å²) in [6.07, 6.45) is 3.18. The molecule has 2 heteroatoms. The SMILES string of the molecule is CC(C)Cc1ccc(C2CCCNC2=O)cc1. The fourth-order valence-corrected chi connectivity index (χ4v) is 2.45. The predicted octanol–water partition coefficient (Wildman–Crippen LogP) is 2.88. The first-order valence-corrected chi connectivity index (χ1v) is 6.53. The van der Waals surface area contributed by atoms with E-state index in [0.29, 0.717) is 5.92 Å². The monoisotopic (exact) mass is 231 g/mol. The van der Waals surface area contributed by atoms with Crippen LogP contribution in [0.2, 0.25) is 0 Å². The molecule has 2 nitrogen and oxygen atoms in total. The average Bonchev–Trinajstić information content (AvgIpc) is 2.30. The summed E-state index contributed by atoms with van der Waals surface area (Å²) in [5, 5.41) is 2.94. The summed E-state index contributed by atoms with van der Waals surface area (Å²) in [6.45, 7) is 5.28. The Balaban J connectivity index is 2.08. The Bertz CT molecular complexity index is 380. The lowest BCUT2D eigenvalue weighted by Crippen LogP contribution is -2.35. The van der Waals surface area contributed by atoms with Gasteiger partial charge in [0.1, 0.15) is 0 Å². The van der Waals surface area contributed by atoms with Crippen molar-refractivity contribution in [2.24, 2.45) is 5.92 Å². The number of benzene rings is 1. The van der Waals surface area contributed by atoms with Crippen molar-refractivity contribution in [1.82, 2.24) is 5.32 Å². The molecule has 1 aliphatic rings. The van der Waals surface area contributed by atoms with Crippen molar-refractivity contribution in [1.29, 1.82) is 0 Å². The van der Waals surface area contributed by atoms with Gasteiger partial charge in [0.2, 0.25) is 5.91 Å². The van der Waals surface area contributed by atoms with E-state index < -0.39 is 0 Å². The molecule has 1 aromatic carbocycles. The van der Waals surface area contributed by atoms with E-state index in [-0.39, 0.29) is 11.8 Å². The van der Waals surface area contributed by atoms with Crippen LogP contribution in [-0.4, -0.2) is 12.5 Å². The molecular formula is C15H21NO. The zero-order valence-corrected chi connectivity index (χ0v) is 10.7. The number of hydrogen-bond donors (Lipinski definition) is 1. The van der Waals surface area contributed by atoms with Gasteiger partial charge in [-0.15, -0.1) is 0 Å². The lowest BCUT2D eigenvalue weighted by atomic mass is 9.89. The summed E-state index contributed by atoms with van der Waals surface area (Å²) in [6, 6.07) is 8.56. The highest BCUT2D eigenvalue weighted by Gasteiger charge is 2.23. The van der Waals surface area contributed by atoms with Crippen molar-refractivity contribution >= 4 is 5.91 Å². The summed E-state index contributed by atoms with van der Waals surface area (Å²) in [5.74, 6) is 0.934. The maximum Gasteiger partial charge on any atom is 0.227 e. The fourth-order valence-electron chi connectivity index (χ4n) is 2.45. The van der Waals surface area contributed by atoms with E-state index in [2.05, 4.69) is 43.4 Å². The molecule has 0 bridgehead atoms.